The second kappa shape index (κ2) is 8.23. The number of fused-ring (bicyclic) bond motifs is 2. The molecule has 1 aliphatic rings. The molecule has 0 radical (unpaired) electrons. The maximum absolute atomic E-state index is 13.6. The molecule has 0 amide bonds. The molecule has 8 heteroatoms. The number of hydrogen-bond donors (Lipinski definition) is 1. The van der Waals surface area contributed by atoms with E-state index in [2.05, 4.69) is 70.4 Å². The first-order valence-corrected chi connectivity index (χ1v) is 11.8. The number of rotatable bonds is 5. The maximum Gasteiger partial charge on any atom is 0.254 e. The minimum atomic E-state index is -0.478. The molecule has 8 nitrogen and oxygen atoms in total. The predicted molar refractivity (Wildman–Crippen MR) is 134 cm³/mol. The number of pyridine rings is 1. The summed E-state index contributed by atoms with van der Waals surface area (Å²) in [4.78, 5) is 19.0. The van der Waals surface area contributed by atoms with Crippen LogP contribution in [-0.2, 0) is 13.0 Å². The molecule has 0 fully saturated rings. The molecule has 0 bridgehead atoms. The first-order valence-electron chi connectivity index (χ1n) is 11.8. The lowest BCUT2D eigenvalue weighted by Gasteiger charge is -2.33. The summed E-state index contributed by atoms with van der Waals surface area (Å²) in [6.07, 6.45) is 2.52. The van der Waals surface area contributed by atoms with Crippen LogP contribution in [0.25, 0.3) is 10.9 Å². The summed E-state index contributed by atoms with van der Waals surface area (Å²) in [6.45, 7) is 6.69. The van der Waals surface area contributed by atoms with E-state index in [4.69, 9.17) is 4.42 Å². The molecule has 0 saturated heterocycles. The Bertz CT molecular complexity index is 1580. The zero-order chi connectivity index (χ0) is 24.1. The highest BCUT2D eigenvalue weighted by molar-refractivity contribution is 5.81. The lowest BCUT2D eigenvalue weighted by molar-refractivity contribution is 0.460. The number of anilines is 1. The number of furan rings is 1. The Labute approximate surface area is 202 Å². The van der Waals surface area contributed by atoms with Gasteiger partial charge in [0.15, 0.2) is 5.82 Å². The number of nitrogens with zero attached hydrogens (tertiary/aromatic N) is 5. The Morgan fingerprint density at radius 2 is 1.94 bits per heavy atom. The van der Waals surface area contributed by atoms with Gasteiger partial charge in [0.05, 0.1) is 6.26 Å². The molecule has 1 aliphatic heterocycles. The summed E-state index contributed by atoms with van der Waals surface area (Å²) in [5.74, 6) is 1.34. The minimum absolute atomic E-state index is 0.144. The average Bonchev–Trinajstić information content (AvgIpc) is 3.58. The Kier molecular flexibility index (Phi) is 5.02. The van der Waals surface area contributed by atoms with Gasteiger partial charge in [-0.3, -0.25) is 4.79 Å². The molecule has 2 aromatic carbocycles. The number of nitrogens with one attached hydrogen (secondary N) is 1. The van der Waals surface area contributed by atoms with Gasteiger partial charge in [-0.15, -0.1) is 5.10 Å². The molecule has 0 unspecified atom stereocenters. The third-order valence-electron chi connectivity index (χ3n) is 7.01. The van der Waals surface area contributed by atoms with Crippen LogP contribution in [-0.4, -0.2) is 31.2 Å². The Morgan fingerprint density at radius 1 is 1.11 bits per heavy atom. The first kappa shape index (κ1) is 21.3. The van der Waals surface area contributed by atoms with Gasteiger partial charge in [0.2, 0.25) is 0 Å². The molecular formula is C27H26N6O2. The normalized spacial score (nSPS) is 16.1. The van der Waals surface area contributed by atoms with Gasteiger partial charge in [-0.05, 0) is 96.1 Å². The number of aryl methyl sites for hydroxylation is 2. The molecule has 5 aromatic rings. The van der Waals surface area contributed by atoms with Gasteiger partial charge in [-0.25, -0.2) is 4.68 Å². The molecule has 2 atom stereocenters. The SMILES string of the molecule is Cc1cc2cc([C@H](c3nnnn3Cc3ccco3)N3c4ccccc4C[C@@H]3C)c(=O)[nH]c2cc1C. The van der Waals surface area contributed by atoms with Crippen LogP contribution < -0.4 is 10.5 Å². The zero-order valence-electron chi connectivity index (χ0n) is 19.9. The average molecular weight is 467 g/mol. The summed E-state index contributed by atoms with van der Waals surface area (Å²) < 4.78 is 7.28. The Hall–Kier alpha value is -4.20. The number of para-hydroxylation sites is 1. The third kappa shape index (κ3) is 3.62. The summed E-state index contributed by atoms with van der Waals surface area (Å²) in [5.41, 5.74) is 5.95. The standard InChI is InChI=1S/C27H26N6O2/c1-16-11-20-14-22(27(34)28-23(20)12-17(16)2)25(33-18(3)13-19-7-4-5-9-24(19)33)26-29-30-31-32(26)15-21-8-6-10-35-21/h4-12,14,18,25H,13,15H2,1-3H3,(H,28,34)/t18-,25+/m0/s1. The van der Waals surface area contributed by atoms with Gasteiger partial charge < -0.3 is 14.3 Å². The molecule has 1 N–H and O–H groups in total. The van der Waals surface area contributed by atoms with Crippen LogP contribution in [0.15, 0.2) is 70.1 Å². The van der Waals surface area contributed by atoms with Crippen LogP contribution >= 0.6 is 0 Å². The van der Waals surface area contributed by atoms with Crippen molar-refractivity contribution in [3.63, 3.8) is 0 Å². The third-order valence-corrected chi connectivity index (χ3v) is 7.01. The maximum atomic E-state index is 13.6. The largest absolute Gasteiger partial charge is 0.467 e. The highest BCUT2D eigenvalue weighted by Gasteiger charge is 2.38. The van der Waals surface area contributed by atoms with Crippen LogP contribution in [0.1, 0.15) is 46.8 Å². The lowest BCUT2D eigenvalue weighted by Crippen LogP contribution is -2.38. The van der Waals surface area contributed by atoms with Crippen molar-refractivity contribution in [2.75, 3.05) is 4.90 Å². The van der Waals surface area contributed by atoms with Gasteiger partial charge in [0.25, 0.3) is 5.56 Å². The molecule has 0 spiro atoms. The summed E-state index contributed by atoms with van der Waals surface area (Å²) in [5, 5.41) is 13.7. The fourth-order valence-electron chi connectivity index (χ4n) is 5.16. The second-order valence-electron chi connectivity index (χ2n) is 9.34. The minimum Gasteiger partial charge on any atom is -0.467 e. The van der Waals surface area contributed by atoms with Crippen LogP contribution in [0.5, 0.6) is 0 Å². The van der Waals surface area contributed by atoms with Crippen molar-refractivity contribution in [3.05, 3.63) is 105 Å². The van der Waals surface area contributed by atoms with Gasteiger partial charge >= 0.3 is 0 Å². The number of aromatic amines is 1. The molecule has 6 rings (SSSR count). The number of H-pyrrole nitrogens is 1. The quantitative estimate of drug-likeness (QED) is 0.415. The summed E-state index contributed by atoms with van der Waals surface area (Å²) in [6, 6.07) is 17.9. The first-order chi connectivity index (χ1) is 17.0. The molecule has 4 heterocycles. The summed E-state index contributed by atoms with van der Waals surface area (Å²) >= 11 is 0. The number of hydrogen-bond acceptors (Lipinski definition) is 6. The van der Waals surface area contributed by atoms with Crippen molar-refractivity contribution in [2.24, 2.45) is 0 Å². The number of aromatic nitrogens is 5. The monoisotopic (exact) mass is 466 g/mol. The van der Waals surface area contributed by atoms with E-state index >= 15 is 0 Å². The number of tetrazole rings is 1. The van der Waals surface area contributed by atoms with E-state index in [0.717, 1.165) is 34.3 Å². The molecule has 35 heavy (non-hydrogen) atoms. The van der Waals surface area contributed by atoms with Crippen molar-refractivity contribution in [1.29, 1.82) is 0 Å². The van der Waals surface area contributed by atoms with Crippen LogP contribution in [0, 0.1) is 13.8 Å². The van der Waals surface area contributed by atoms with Crippen molar-refractivity contribution < 1.29 is 4.42 Å². The van der Waals surface area contributed by atoms with E-state index in [1.54, 1.807) is 10.9 Å². The Morgan fingerprint density at radius 3 is 2.77 bits per heavy atom. The fourth-order valence-corrected chi connectivity index (χ4v) is 5.16. The Balaban J connectivity index is 1.57. The molecule has 176 valence electrons. The van der Waals surface area contributed by atoms with Crippen LogP contribution in [0.4, 0.5) is 5.69 Å². The number of benzene rings is 2. The van der Waals surface area contributed by atoms with Crippen LogP contribution in [0.2, 0.25) is 0 Å². The van der Waals surface area contributed by atoms with E-state index in [0.29, 0.717) is 17.9 Å². The van der Waals surface area contributed by atoms with Gasteiger partial charge in [0.1, 0.15) is 18.3 Å². The van der Waals surface area contributed by atoms with E-state index in [-0.39, 0.29) is 11.6 Å². The highest BCUT2D eigenvalue weighted by Crippen LogP contribution is 2.40. The van der Waals surface area contributed by atoms with Crippen molar-refractivity contribution in [1.82, 2.24) is 25.2 Å². The van der Waals surface area contributed by atoms with Crippen molar-refractivity contribution in [2.45, 2.75) is 45.8 Å². The van der Waals surface area contributed by atoms with Gasteiger partial charge in [0, 0.05) is 22.8 Å². The van der Waals surface area contributed by atoms with Crippen molar-refractivity contribution >= 4 is 16.6 Å². The lowest BCUT2D eigenvalue weighted by atomic mass is 10.00. The smallest absolute Gasteiger partial charge is 0.254 e. The van der Waals surface area contributed by atoms with E-state index < -0.39 is 6.04 Å². The zero-order valence-corrected chi connectivity index (χ0v) is 19.9. The molecule has 0 aliphatic carbocycles. The van der Waals surface area contributed by atoms with Crippen molar-refractivity contribution in [3.8, 4) is 0 Å². The van der Waals surface area contributed by atoms with E-state index in [9.17, 15) is 4.79 Å². The van der Waals surface area contributed by atoms with Crippen LogP contribution in [0.3, 0.4) is 0 Å². The summed E-state index contributed by atoms with van der Waals surface area (Å²) in [7, 11) is 0. The second-order valence-corrected chi connectivity index (χ2v) is 9.34. The van der Waals surface area contributed by atoms with E-state index in [1.165, 1.54) is 11.1 Å². The predicted octanol–water partition coefficient (Wildman–Crippen LogP) is 4.31. The fraction of sp³-hybridized carbons (Fsp3) is 0.259. The van der Waals surface area contributed by atoms with E-state index in [1.807, 2.05) is 30.3 Å². The molecule has 0 saturated carbocycles. The van der Waals surface area contributed by atoms with Gasteiger partial charge in [-0.2, -0.15) is 0 Å². The molecular weight excluding hydrogens is 440 g/mol. The molecule has 3 aromatic heterocycles. The topological polar surface area (TPSA) is 92.8 Å². The highest BCUT2D eigenvalue weighted by atomic mass is 16.3. The van der Waals surface area contributed by atoms with Gasteiger partial charge in [-0.1, -0.05) is 18.2 Å².